The predicted octanol–water partition coefficient (Wildman–Crippen LogP) is 2.75. The normalized spacial score (nSPS) is 11.8. The molecule has 1 amide bonds. The van der Waals surface area contributed by atoms with E-state index in [9.17, 15) is 14.4 Å². The van der Waals surface area contributed by atoms with Crippen LogP contribution in [0.25, 0.3) is 22.1 Å². The van der Waals surface area contributed by atoms with Gasteiger partial charge in [-0.25, -0.2) is 9.59 Å². The number of amides is 1. The number of fused-ring (bicyclic) bond motifs is 1. The topological polar surface area (TPSA) is 85.6 Å². The predicted molar refractivity (Wildman–Crippen MR) is 96.9 cm³/mol. The fourth-order valence-corrected chi connectivity index (χ4v) is 2.58. The maximum absolute atomic E-state index is 12.2. The number of para-hydroxylation sites is 1. The Labute approximate surface area is 149 Å². The first kappa shape index (κ1) is 17.4. The summed E-state index contributed by atoms with van der Waals surface area (Å²) >= 11 is 0. The van der Waals surface area contributed by atoms with Gasteiger partial charge in [0.2, 0.25) is 0 Å². The Bertz CT molecular complexity index is 1020. The molecule has 0 aliphatic carbocycles. The van der Waals surface area contributed by atoms with Crippen LogP contribution in [0.4, 0.5) is 0 Å². The van der Waals surface area contributed by atoms with Gasteiger partial charge < -0.3 is 14.5 Å². The SMILES string of the molecule is COC(=O)[C@H](C)NC(=O)c1ccc(-c2cc3ccccc3oc2=O)cc1. The van der Waals surface area contributed by atoms with Crippen LogP contribution in [0.1, 0.15) is 17.3 Å². The number of nitrogens with one attached hydrogen (secondary N) is 1. The first-order chi connectivity index (χ1) is 12.5. The highest BCUT2D eigenvalue weighted by molar-refractivity contribution is 5.97. The summed E-state index contributed by atoms with van der Waals surface area (Å²) in [7, 11) is 1.26. The molecule has 0 unspecified atom stereocenters. The second-order valence-corrected chi connectivity index (χ2v) is 5.78. The van der Waals surface area contributed by atoms with Gasteiger partial charge in [0.15, 0.2) is 0 Å². The first-order valence-corrected chi connectivity index (χ1v) is 8.01. The van der Waals surface area contributed by atoms with E-state index in [2.05, 4.69) is 10.1 Å². The van der Waals surface area contributed by atoms with Crippen molar-refractivity contribution < 1.29 is 18.7 Å². The van der Waals surface area contributed by atoms with Crippen molar-refractivity contribution in [2.24, 2.45) is 0 Å². The van der Waals surface area contributed by atoms with E-state index in [0.29, 0.717) is 22.3 Å². The minimum atomic E-state index is -0.750. The Morgan fingerprint density at radius 1 is 1.08 bits per heavy atom. The van der Waals surface area contributed by atoms with Crippen LogP contribution in [-0.4, -0.2) is 25.0 Å². The van der Waals surface area contributed by atoms with Crippen LogP contribution in [0.3, 0.4) is 0 Å². The van der Waals surface area contributed by atoms with Crippen LogP contribution in [0.15, 0.2) is 63.8 Å². The van der Waals surface area contributed by atoms with E-state index in [4.69, 9.17) is 4.42 Å². The summed E-state index contributed by atoms with van der Waals surface area (Å²) in [5.41, 5.74) is 1.50. The van der Waals surface area contributed by atoms with E-state index in [1.807, 2.05) is 12.1 Å². The zero-order valence-electron chi connectivity index (χ0n) is 14.3. The molecule has 0 aliphatic rings. The van der Waals surface area contributed by atoms with E-state index < -0.39 is 23.5 Å². The van der Waals surface area contributed by atoms with Gasteiger partial charge in [0.1, 0.15) is 11.6 Å². The van der Waals surface area contributed by atoms with Crippen LogP contribution in [0, 0.1) is 0 Å². The highest BCUT2D eigenvalue weighted by Crippen LogP contribution is 2.21. The molecule has 26 heavy (non-hydrogen) atoms. The van der Waals surface area contributed by atoms with Crippen molar-refractivity contribution in [2.75, 3.05) is 7.11 Å². The molecule has 0 spiro atoms. The van der Waals surface area contributed by atoms with Crippen LogP contribution >= 0.6 is 0 Å². The number of methoxy groups -OCH3 is 1. The summed E-state index contributed by atoms with van der Waals surface area (Å²) in [6.07, 6.45) is 0. The molecule has 6 heteroatoms. The minimum absolute atomic E-state index is 0.370. The van der Waals surface area contributed by atoms with Crippen molar-refractivity contribution in [1.82, 2.24) is 5.32 Å². The van der Waals surface area contributed by atoms with E-state index in [0.717, 1.165) is 5.39 Å². The number of benzene rings is 2. The zero-order valence-corrected chi connectivity index (χ0v) is 14.3. The van der Waals surface area contributed by atoms with Crippen molar-refractivity contribution in [2.45, 2.75) is 13.0 Å². The van der Waals surface area contributed by atoms with Crippen LogP contribution in [-0.2, 0) is 9.53 Å². The van der Waals surface area contributed by atoms with Gasteiger partial charge in [-0.1, -0.05) is 30.3 Å². The highest BCUT2D eigenvalue weighted by atomic mass is 16.5. The Morgan fingerprint density at radius 3 is 2.46 bits per heavy atom. The van der Waals surface area contributed by atoms with Gasteiger partial charge in [-0.05, 0) is 36.8 Å². The molecule has 1 atom stereocenters. The van der Waals surface area contributed by atoms with E-state index in [1.54, 1.807) is 49.4 Å². The first-order valence-electron chi connectivity index (χ1n) is 8.01. The number of hydrogen-bond donors (Lipinski definition) is 1. The fraction of sp³-hybridized carbons (Fsp3) is 0.150. The van der Waals surface area contributed by atoms with Gasteiger partial charge in [-0.15, -0.1) is 0 Å². The van der Waals surface area contributed by atoms with Crippen molar-refractivity contribution >= 4 is 22.8 Å². The molecule has 0 fully saturated rings. The number of rotatable bonds is 4. The number of carbonyl (C=O) groups is 2. The average Bonchev–Trinajstić information content (AvgIpc) is 2.66. The van der Waals surface area contributed by atoms with Gasteiger partial charge in [0.05, 0.1) is 12.7 Å². The van der Waals surface area contributed by atoms with Crippen LogP contribution < -0.4 is 10.9 Å². The lowest BCUT2D eigenvalue weighted by atomic mass is 10.0. The van der Waals surface area contributed by atoms with Crippen molar-refractivity contribution in [3.63, 3.8) is 0 Å². The molecule has 1 heterocycles. The third-order valence-electron chi connectivity index (χ3n) is 4.00. The largest absolute Gasteiger partial charge is 0.467 e. The summed E-state index contributed by atoms with van der Waals surface area (Å²) in [5.74, 6) is -0.927. The lowest BCUT2D eigenvalue weighted by Crippen LogP contribution is -2.39. The average molecular weight is 351 g/mol. The van der Waals surface area contributed by atoms with Crippen molar-refractivity contribution in [3.8, 4) is 11.1 Å². The maximum Gasteiger partial charge on any atom is 0.344 e. The molecule has 2 aromatic carbocycles. The number of hydrogen-bond acceptors (Lipinski definition) is 5. The Morgan fingerprint density at radius 2 is 1.77 bits per heavy atom. The lowest BCUT2D eigenvalue weighted by Gasteiger charge is -2.11. The smallest absolute Gasteiger partial charge is 0.344 e. The summed E-state index contributed by atoms with van der Waals surface area (Å²) in [5, 5.41) is 3.36. The van der Waals surface area contributed by atoms with Gasteiger partial charge in [-0.2, -0.15) is 0 Å². The fourth-order valence-electron chi connectivity index (χ4n) is 2.58. The van der Waals surface area contributed by atoms with Gasteiger partial charge >= 0.3 is 11.6 Å². The highest BCUT2D eigenvalue weighted by Gasteiger charge is 2.17. The summed E-state index contributed by atoms with van der Waals surface area (Å²) < 4.78 is 9.91. The van der Waals surface area contributed by atoms with Gasteiger partial charge in [0, 0.05) is 10.9 Å². The number of esters is 1. The van der Waals surface area contributed by atoms with E-state index in [-0.39, 0.29) is 0 Å². The molecule has 3 aromatic rings. The Kier molecular flexibility index (Phi) is 4.84. The molecule has 1 N–H and O–H groups in total. The lowest BCUT2D eigenvalue weighted by molar-refractivity contribution is -0.142. The monoisotopic (exact) mass is 351 g/mol. The second kappa shape index (κ2) is 7.23. The summed E-state index contributed by atoms with van der Waals surface area (Å²) in [6.45, 7) is 1.54. The molecular formula is C20H17NO5. The Balaban J connectivity index is 1.86. The standard InChI is InChI=1S/C20H17NO5/c1-12(19(23)25-2)21-18(22)14-9-7-13(8-10-14)16-11-15-5-3-4-6-17(15)26-20(16)24/h3-12H,1-2H3,(H,21,22)/t12-/m0/s1. The maximum atomic E-state index is 12.2. The number of carbonyl (C=O) groups excluding carboxylic acids is 2. The molecule has 1 aromatic heterocycles. The molecule has 3 rings (SSSR count). The van der Waals surface area contributed by atoms with Crippen molar-refractivity contribution in [1.29, 1.82) is 0 Å². The molecule has 0 aliphatic heterocycles. The summed E-state index contributed by atoms with van der Waals surface area (Å²) in [6, 6.07) is 14.8. The molecule has 132 valence electrons. The third-order valence-corrected chi connectivity index (χ3v) is 4.00. The molecule has 0 saturated carbocycles. The van der Waals surface area contributed by atoms with E-state index >= 15 is 0 Å². The third kappa shape index (κ3) is 3.49. The van der Waals surface area contributed by atoms with Crippen molar-refractivity contribution in [3.05, 3.63) is 70.6 Å². The summed E-state index contributed by atoms with van der Waals surface area (Å²) in [4.78, 5) is 35.8. The van der Waals surface area contributed by atoms with Crippen LogP contribution in [0.5, 0.6) is 0 Å². The molecule has 0 bridgehead atoms. The molecule has 0 saturated heterocycles. The second-order valence-electron chi connectivity index (χ2n) is 5.78. The van der Waals surface area contributed by atoms with E-state index in [1.165, 1.54) is 7.11 Å². The quantitative estimate of drug-likeness (QED) is 0.577. The molecule has 0 radical (unpaired) electrons. The zero-order chi connectivity index (χ0) is 18.7. The number of ether oxygens (including phenoxy) is 1. The Hall–Kier alpha value is -3.41. The minimum Gasteiger partial charge on any atom is -0.467 e. The van der Waals surface area contributed by atoms with Crippen LogP contribution in [0.2, 0.25) is 0 Å². The van der Waals surface area contributed by atoms with Gasteiger partial charge in [-0.3, -0.25) is 4.79 Å². The molecule has 6 nitrogen and oxygen atoms in total. The molecular weight excluding hydrogens is 334 g/mol. The van der Waals surface area contributed by atoms with Gasteiger partial charge in [0.25, 0.3) is 5.91 Å².